The van der Waals surface area contributed by atoms with Crippen LogP contribution < -0.4 is 0 Å². The Morgan fingerprint density at radius 3 is 2.88 bits per heavy atom. The second kappa shape index (κ2) is 5.88. The minimum atomic E-state index is 0.719. The molecule has 0 N–H and O–H groups in total. The first-order chi connectivity index (χ1) is 8.19. The second-order valence-electron chi connectivity index (χ2n) is 4.45. The second-order valence-corrected chi connectivity index (χ2v) is 5.78. The Bertz CT molecular complexity index is 460. The SMILES string of the molecule is CCC1C=CC(Cc2cc(Br)ccc2Cl)=CC1. The Morgan fingerprint density at radius 2 is 2.24 bits per heavy atom. The standard InChI is InChI=1S/C15H16BrCl/c1-2-11-3-5-12(6-4-11)9-13-10-14(16)7-8-15(13)17/h3,5-8,10-11H,2,4,9H2,1H3. The zero-order chi connectivity index (χ0) is 12.3. The van der Waals surface area contributed by atoms with Gasteiger partial charge in [-0.3, -0.25) is 0 Å². The van der Waals surface area contributed by atoms with Crippen LogP contribution in [0.2, 0.25) is 5.02 Å². The normalized spacial score (nSPS) is 19.2. The van der Waals surface area contributed by atoms with E-state index >= 15 is 0 Å². The fourth-order valence-corrected chi connectivity index (χ4v) is 2.63. The Morgan fingerprint density at radius 1 is 1.41 bits per heavy atom. The third-order valence-electron chi connectivity index (χ3n) is 3.19. The monoisotopic (exact) mass is 310 g/mol. The van der Waals surface area contributed by atoms with Crippen LogP contribution in [-0.2, 0) is 6.42 Å². The van der Waals surface area contributed by atoms with Crippen molar-refractivity contribution in [3.63, 3.8) is 0 Å². The Balaban J connectivity index is 2.10. The number of allylic oxidation sites excluding steroid dienone is 4. The molecular weight excluding hydrogens is 296 g/mol. The van der Waals surface area contributed by atoms with Gasteiger partial charge in [0.1, 0.15) is 0 Å². The van der Waals surface area contributed by atoms with Gasteiger partial charge < -0.3 is 0 Å². The summed E-state index contributed by atoms with van der Waals surface area (Å²) in [6.07, 6.45) is 10.2. The van der Waals surface area contributed by atoms with Crippen molar-refractivity contribution in [3.05, 3.63) is 57.1 Å². The molecule has 0 spiro atoms. The third-order valence-corrected chi connectivity index (χ3v) is 4.05. The van der Waals surface area contributed by atoms with E-state index in [9.17, 15) is 0 Å². The summed E-state index contributed by atoms with van der Waals surface area (Å²) in [5.41, 5.74) is 2.56. The van der Waals surface area contributed by atoms with Gasteiger partial charge in [0, 0.05) is 9.50 Å². The highest BCUT2D eigenvalue weighted by molar-refractivity contribution is 9.10. The lowest BCUT2D eigenvalue weighted by molar-refractivity contribution is 0.628. The number of benzene rings is 1. The molecule has 0 saturated heterocycles. The molecule has 1 atom stereocenters. The van der Waals surface area contributed by atoms with Gasteiger partial charge in [-0.1, -0.05) is 52.7 Å². The topological polar surface area (TPSA) is 0 Å². The molecule has 0 fully saturated rings. The van der Waals surface area contributed by atoms with E-state index in [0.29, 0.717) is 0 Å². The highest BCUT2D eigenvalue weighted by Crippen LogP contribution is 2.26. The molecule has 0 amide bonds. The first kappa shape index (κ1) is 12.9. The molecule has 1 aromatic rings. The van der Waals surface area contributed by atoms with Gasteiger partial charge in [-0.2, -0.15) is 0 Å². The van der Waals surface area contributed by atoms with Gasteiger partial charge in [-0.25, -0.2) is 0 Å². The maximum absolute atomic E-state index is 6.20. The fourth-order valence-electron chi connectivity index (χ4n) is 2.04. The summed E-state index contributed by atoms with van der Waals surface area (Å²) in [4.78, 5) is 0. The quantitative estimate of drug-likeness (QED) is 0.686. The van der Waals surface area contributed by atoms with E-state index in [4.69, 9.17) is 11.6 Å². The van der Waals surface area contributed by atoms with Crippen LogP contribution in [0.3, 0.4) is 0 Å². The lowest BCUT2D eigenvalue weighted by atomic mass is 9.92. The molecule has 1 aliphatic carbocycles. The van der Waals surface area contributed by atoms with Crippen molar-refractivity contribution in [1.82, 2.24) is 0 Å². The zero-order valence-electron chi connectivity index (χ0n) is 9.92. The number of halogens is 2. The molecule has 0 saturated carbocycles. The summed E-state index contributed by atoms with van der Waals surface area (Å²) in [6.45, 7) is 2.24. The molecule has 0 nitrogen and oxygen atoms in total. The van der Waals surface area contributed by atoms with Gasteiger partial charge in [0.05, 0.1) is 0 Å². The molecule has 1 aromatic carbocycles. The van der Waals surface area contributed by atoms with Crippen LogP contribution in [0.5, 0.6) is 0 Å². The molecular formula is C15H16BrCl. The molecule has 0 aromatic heterocycles. The highest BCUT2D eigenvalue weighted by Gasteiger charge is 2.08. The van der Waals surface area contributed by atoms with Crippen molar-refractivity contribution in [2.75, 3.05) is 0 Å². The summed E-state index contributed by atoms with van der Waals surface area (Å²) >= 11 is 9.68. The highest BCUT2D eigenvalue weighted by atomic mass is 79.9. The van der Waals surface area contributed by atoms with Crippen molar-refractivity contribution in [3.8, 4) is 0 Å². The number of rotatable bonds is 3. The van der Waals surface area contributed by atoms with Crippen LogP contribution in [-0.4, -0.2) is 0 Å². The van der Waals surface area contributed by atoms with Crippen molar-refractivity contribution in [2.24, 2.45) is 5.92 Å². The third kappa shape index (κ3) is 3.46. The molecule has 1 unspecified atom stereocenters. The summed E-state index contributed by atoms with van der Waals surface area (Å²) in [5, 5.41) is 0.847. The average Bonchev–Trinajstić information content (AvgIpc) is 2.35. The Kier molecular flexibility index (Phi) is 4.47. The molecule has 0 aliphatic heterocycles. The smallest absolute Gasteiger partial charge is 0.0442 e. The van der Waals surface area contributed by atoms with E-state index in [1.165, 1.54) is 17.6 Å². The zero-order valence-corrected chi connectivity index (χ0v) is 12.3. The van der Waals surface area contributed by atoms with E-state index in [0.717, 1.165) is 28.3 Å². The van der Waals surface area contributed by atoms with Crippen molar-refractivity contribution < 1.29 is 0 Å². The van der Waals surface area contributed by atoms with Gasteiger partial charge in [0.15, 0.2) is 0 Å². The van der Waals surface area contributed by atoms with Crippen molar-refractivity contribution in [2.45, 2.75) is 26.2 Å². The number of hydrogen-bond acceptors (Lipinski definition) is 0. The van der Waals surface area contributed by atoms with Gasteiger partial charge in [-0.15, -0.1) is 0 Å². The largest absolute Gasteiger partial charge is 0.0840 e. The first-order valence-electron chi connectivity index (χ1n) is 6.00. The van der Waals surface area contributed by atoms with Crippen LogP contribution in [0.15, 0.2) is 46.5 Å². The maximum Gasteiger partial charge on any atom is 0.0442 e. The predicted octanol–water partition coefficient (Wildman–Crippen LogP) is 5.56. The van der Waals surface area contributed by atoms with Crippen LogP contribution >= 0.6 is 27.5 Å². The van der Waals surface area contributed by atoms with Crippen molar-refractivity contribution in [1.29, 1.82) is 0 Å². The summed E-state index contributed by atoms with van der Waals surface area (Å²) < 4.78 is 1.09. The minimum Gasteiger partial charge on any atom is -0.0840 e. The predicted molar refractivity (Wildman–Crippen MR) is 78.5 cm³/mol. The van der Waals surface area contributed by atoms with Crippen molar-refractivity contribution >= 4 is 27.5 Å². The van der Waals surface area contributed by atoms with E-state index in [1.54, 1.807) is 0 Å². The Hall–Kier alpha value is -0.530. The number of hydrogen-bond donors (Lipinski definition) is 0. The molecule has 2 rings (SSSR count). The first-order valence-corrected chi connectivity index (χ1v) is 7.17. The van der Waals surface area contributed by atoms with E-state index < -0.39 is 0 Å². The molecule has 2 heteroatoms. The molecule has 17 heavy (non-hydrogen) atoms. The molecule has 0 bridgehead atoms. The van der Waals surface area contributed by atoms with Gasteiger partial charge in [0.25, 0.3) is 0 Å². The minimum absolute atomic E-state index is 0.719. The lowest BCUT2D eigenvalue weighted by Crippen LogP contribution is -2.00. The summed E-state index contributed by atoms with van der Waals surface area (Å²) in [7, 11) is 0. The average molecular weight is 312 g/mol. The molecule has 90 valence electrons. The molecule has 0 radical (unpaired) electrons. The van der Waals surface area contributed by atoms with E-state index in [2.05, 4.69) is 47.1 Å². The van der Waals surface area contributed by atoms with Gasteiger partial charge >= 0.3 is 0 Å². The van der Waals surface area contributed by atoms with Crippen LogP contribution in [0.1, 0.15) is 25.3 Å². The van der Waals surface area contributed by atoms with E-state index in [1.807, 2.05) is 12.1 Å². The Labute approximate surface area is 117 Å². The molecule has 0 heterocycles. The molecule has 1 aliphatic rings. The van der Waals surface area contributed by atoms with Gasteiger partial charge in [-0.05, 0) is 54.5 Å². The summed E-state index contributed by atoms with van der Waals surface area (Å²) in [5.74, 6) is 0.719. The lowest BCUT2D eigenvalue weighted by Gasteiger charge is -2.14. The summed E-state index contributed by atoms with van der Waals surface area (Å²) in [6, 6.07) is 6.02. The van der Waals surface area contributed by atoms with Crippen LogP contribution in [0.4, 0.5) is 0 Å². The van der Waals surface area contributed by atoms with Crippen LogP contribution in [0.25, 0.3) is 0 Å². The maximum atomic E-state index is 6.20. The fraction of sp³-hybridized carbons (Fsp3) is 0.333. The van der Waals surface area contributed by atoms with Gasteiger partial charge in [0.2, 0.25) is 0 Å². The van der Waals surface area contributed by atoms with E-state index in [-0.39, 0.29) is 0 Å². The van der Waals surface area contributed by atoms with Crippen LogP contribution in [0, 0.1) is 5.92 Å².